The average Bonchev–Trinajstić information content (AvgIpc) is 2.86. The highest BCUT2D eigenvalue weighted by Crippen LogP contribution is 2.22. The lowest BCUT2D eigenvalue weighted by atomic mass is 10.2. The number of rotatable bonds is 12. The summed E-state index contributed by atoms with van der Waals surface area (Å²) < 4.78 is 11.5. The van der Waals surface area contributed by atoms with Gasteiger partial charge in [0.25, 0.3) is 0 Å². The first-order valence-electron chi connectivity index (χ1n) is 11.3. The lowest BCUT2D eigenvalue weighted by Crippen LogP contribution is -2.46. The van der Waals surface area contributed by atoms with E-state index < -0.39 is 6.04 Å². The molecule has 0 aliphatic carbocycles. The number of nitrogens with one attached hydrogen (secondary N) is 2. The van der Waals surface area contributed by atoms with Crippen LogP contribution >= 0.6 is 0 Å². The van der Waals surface area contributed by atoms with E-state index in [1.54, 1.807) is 30.3 Å². The van der Waals surface area contributed by atoms with E-state index in [2.05, 4.69) is 10.6 Å². The third-order valence-electron chi connectivity index (χ3n) is 4.85. The minimum atomic E-state index is -0.827. The molecule has 0 aliphatic rings. The van der Waals surface area contributed by atoms with Crippen LogP contribution in [-0.4, -0.2) is 24.5 Å². The molecule has 0 bridgehead atoms. The van der Waals surface area contributed by atoms with Gasteiger partial charge in [0.1, 0.15) is 17.5 Å². The fourth-order valence-corrected chi connectivity index (χ4v) is 3.12. The molecule has 0 heterocycles. The van der Waals surface area contributed by atoms with Crippen molar-refractivity contribution < 1.29 is 19.1 Å². The van der Waals surface area contributed by atoms with Crippen molar-refractivity contribution in [3.05, 3.63) is 103 Å². The molecule has 176 valence electrons. The van der Waals surface area contributed by atoms with Gasteiger partial charge < -0.3 is 20.1 Å². The number of carbonyl (C=O) groups excluding carboxylic acids is 2. The zero-order chi connectivity index (χ0) is 24.0. The highest BCUT2D eigenvalue weighted by Gasteiger charge is 2.21. The minimum absolute atomic E-state index is 0.0547. The molecular formula is C28H30N2O4. The monoisotopic (exact) mass is 458 g/mol. The van der Waals surface area contributed by atoms with Crippen LogP contribution in [0.2, 0.25) is 0 Å². The molecule has 34 heavy (non-hydrogen) atoms. The maximum atomic E-state index is 12.9. The second-order valence-electron chi connectivity index (χ2n) is 7.63. The molecule has 0 aromatic heterocycles. The van der Waals surface area contributed by atoms with Crippen molar-refractivity contribution in [3.8, 4) is 11.5 Å². The predicted octanol–water partition coefficient (Wildman–Crippen LogP) is 5.48. The van der Waals surface area contributed by atoms with Gasteiger partial charge in [-0.3, -0.25) is 9.59 Å². The van der Waals surface area contributed by atoms with Crippen molar-refractivity contribution in [1.82, 2.24) is 5.32 Å². The average molecular weight is 459 g/mol. The lowest BCUT2D eigenvalue weighted by Gasteiger charge is -2.19. The molecule has 6 heteroatoms. The Balaban J connectivity index is 1.59. The third-order valence-corrected chi connectivity index (χ3v) is 4.85. The Bertz CT molecular complexity index is 1050. The molecule has 0 saturated heterocycles. The van der Waals surface area contributed by atoms with Gasteiger partial charge in [-0.2, -0.15) is 0 Å². The largest absolute Gasteiger partial charge is 0.457 e. The summed E-state index contributed by atoms with van der Waals surface area (Å²) in [5, 5.41) is 5.62. The summed E-state index contributed by atoms with van der Waals surface area (Å²) in [6.45, 7) is 2.40. The molecule has 0 radical (unpaired) electrons. The first kappa shape index (κ1) is 24.7. The van der Waals surface area contributed by atoms with Crippen molar-refractivity contribution in [3.63, 3.8) is 0 Å². The van der Waals surface area contributed by atoms with Gasteiger partial charge in [0.15, 0.2) is 0 Å². The van der Waals surface area contributed by atoms with Gasteiger partial charge in [0.2, 0.25) is 11.8 Å². The first-order chi connectivity index (χ1) is 16.6. The number of benzene rings is 3. The van der Waals surface area contributed by atoms with E-state index in [4.69, 9.17) is 9.47 Å². The van der Waals surface area contributed by atoms with E-state index in [1.165, 1.54) is 0 Å². The van der Waals surface area contributed by atoms with Crippen LogP contribution in [0.3, 0.4) is 0 Å². The SMILES string of the molecule is CCC=CCC(=O)NC(COCc1ccccc1)C(=O)Nc1ccc(Oc2ccccc2)cc1. The summed E-state index contributed by atoms with van der Waals surface area (Å²) >= 11 is 0. The van der Waals surface area contributed by atoms with E-state index in [9.17, 15) is 9.59 Å². The summed E-state index contributed by atoms with van der Waals surface area (Å²) in [6, 6.07) is 25.4. The van der Waals surface area contributed by atoms with Crippen LogP contribution in [0.1, 0.15) is 25.3 Å². The van der Waals surface area contributed by atoms with Gasteiger partial charge in [-0.1, -0.05) is 67.6 Å². The molecule has 0 spiro atoms. The fraction of sp³-hybridized carbons (Fsp3) is 0.214. The summed E-state index contributed by atoms with van der Waals surface area (Å²) in [6.07, 6.45) is 4.77. The fourth-order valence-electron chi connectivity index (χ4n) is 3.12. The predicted molar refractivity (Wildman–Crippen MR) is 134 cm³/mol. The number of ether oxygens (including phenoxy) is 2. The first-order valence-corrected chi connectivity index (χ1v) is 11.3. The minimum Gasteiger partial charge on any atom is -0.457 e. The van der Waals surface area contributed by atoms with Crippen LogP contribution in [0, 0.1) is 0 Å². The number of amides is 2. The van der Waals surface area contributed by atoms with Crippen molar-refractivity contribution in [1.29, 1.82) is 0 Å². The van der Waals surface area contributed by atoms with Crippen LogP contribution in [-0.2, 0) is 20.9 Å². The van der Waals surface area contributed by atoms with Gasteiger partial charge >= 0.3 is 0 Å². The molecule has 3 aromatic carbocycles. The number of anilines is 1. The molecule has 1 atom stereocenters. The van der Waals surface area contributed by atoms with E-state index in [0.29, 0.717) is 18.0 Å². The Kier molecular flexibility index (Phi) is 9.90. The van der Waals surface area contributed by atoms with Crippen molar-refractivity contribution >= 4 is 17.5 Å². The Labute approximate surface area is 200 Å². The highest BCUT2D eigenvalue weighted by atomic mass is 16.5. The van der Waals surface area contributed by atoms with Gasteiger partial charge in [0.05, 0.1) is 13.2 Å². The zero-order valence-electron chi connectivity index (χ0n) is 19.3. The summed E-state index contributed by atoms with van der Waals surface area (Å²) in [5.41, 5.74) is 1.59. The van der Waals surface area contributed by atoms with E-state index in [1.807, 2.05) is 73.7 Å². The number of carbonyl (C=O) groups is 2. The molecule has 1 unspecified atom stereocenters. The van der Waals surface area contributed by atoms with Crippen molar-refractivity contribution in [2.24, 2.45) is 0 Å². The molecule has 6 nitrogen and oxygen atoms in total. The number of hydrogen-bond acceptors (Lipinski definition) is 4. The van der Waals surface area contributed by atoms with Gasteiger partial charge in [0, 0.05) is 12.1 Å². The standard InChI is InChI=1S/C28H30N2O4/c1-2-3-6-15-27(31)30-26(21-33-20-22-11-7-4-8-12-22)28(32)29-23-16-18-25(19-17-23)34-24-13-9-5-10-14-24/h3-14,16-19,26H,2,15,20-21H2,1H3,(H,29,32)(H,30,31). The Morgan fingerprint density at radius 3 is 2.18 bits per heavy atom. The third kappa shape index (κ3) is 8.56. The topological polar surface area (TPSA) is 76.7 Å². The molecule has 0 aliphatic heterocycles. The van der Waals surface area contributed by atoms with E-state index in [0.717, 1.165) is 17.7 Å². The number of para-hydroxylation sites is 1. The Morgan fingerprint density at radius 1 is 0.853 bits per heavy atom. The summed E-state index contributed by atoms with van der Waals surface area (Å²) in [4.78, 5) is 25.3. The van der Waals surface area contributed by atoms with Gasteiger partial charge in [-0.15, -0.1) is 0 Å². The summed E-state index contributed by atoms with van der Waals surface area (Å²) in [5.74, 6) is 0.801. The maximum absolute atomic E-state index is 12.9. The molecular weight excluding hydrogens is 428 g/mol. The quantitative estimate of drug-likeness (QED) is 0.353. The Morgan fingerprint density at radius 2 is 1.50 bits per heavy atom. The highest BCUT2D eigenvalue weighted by molar-refractivity contribution is 5.97. The molecule has 3 rings (SSSR count). The van der Waals surface area contributed by atoms with E-state index in [-0.39, 0.29) is 24.8 Å². The lowest BCUT2D eigenvalue weighted by molar-refractivity contribution is -0.127. The van der Waals surface area contributed by atoms with Gasteiger partial charge in [-0.05, 0) is 48.4 Å². The smallest absolute Gasteiger partial charge is 0.249 e. The van der Waals surface area contributed by atoms with E-state index >= 15 is 0 Å². The van der Waals surface area contributed by atoms with Crippen LogP contribution in [0.15, 0.2) is 97.1 Å². The van der Waals surface area contributed by atoms with Crippen LogP contribution in [0.4, 0.5) is 5.69 Å². The summed E-state index contributed by atoms with van der Waals surface area (Å²) in [7, 11) is 0. The second kappa shape index (κ2) is 13.6. The number of allylic oxidation sites excluding steroid dienone is 1. The molecule has 3 aromatic rings. The normalized spacial score (nSPS) is 11.7. The molecule has 2 amide bonds. The van der Waals surface area contributed by atoms with Crippen LogP contribution in [0.5, 0.6) is 11.5 Å². The van der Waals surface area contributed by atoms with Gasteiger partial charge in [-0.25, -0.2) is 0 Å². The van der Waals surface area contributed by atoms with Crippen LogP contribution < -0.4 is 15.4 Å². The maximum Gasteiger partial charge on any atom is 0.249 e. The zero-order valence-corrected chi connectivity index (χ0v) is 19.3. The molecule has 2 N–H and O–H groups in total. The molecule has 0 saturated carbocycles. The number of hydrogen-bond donors (Lipinski definition) is 2. The van der Waals surface area contributed by atoms with Crippen molar-refractivity contribution in [2.45, 2.75) is 32.4 Å². The van der Waals surface area contributed by atoms with Crippen LogP contribution in [0.25, 0.3) is 0 Å². The van der Waals surface area contributed by atoms with Crippen molar-refractivity contribution in [2.75, 3.05) is 11.9 Å². The Hall–Kier alpha value is -3.90. The second-order valence-corrected chi connectivity index (χ2v) is 7.63. The molecule has 0 fully saturated rings.